The summed E-state index contributed by atoms with van der Waals surface area (Å²) in [4.78, 5) is 28.1. The smallest absolute Gasteiger partial charge is 0.340 e. The van der Waals surface area contributed by atoms with Crippen molar-refractivity contribution in [1.29, 1.82) is 0 Å². The number of esters is 1. The van der Waals surface area contributed by atoms with Crippen LogP contribution in [0.5, 0.6) is 0 Å². The predicted molar refractivity (Wildman–Crippen MR) is 135 cm³/mol. The molecule has 0 unspecified atom stereocenters. The second-order valence-electron chi connectivity index (χ2n) is 10.3. The minimum atomic E-state index is -0.804. The summed E-state index contributed by atoms with van der Waals surface area (Å²) in [5, 5.41) is 0. The molecule has 1 saturated carbocycles. The van der Waals surface area contributed by atoms with Gasteiger partial charge in [-0.15, -0.1) is 0 Å². The maximum atomic E-state index is 13.1. The second-order valence-corrected chi connectivity index (χ2v) is 11.3. The number of carbonyl (C=O) groups is 2. The standard InChI is InChI=1S/C26H38INO4/c1-7-31-25(30)24(32-26(4,5)6)22-16(2)19-13-21(29)28(14-18-11-9-8-10-12-18)15-20(19)17(3)23(22)27/h18,24H,7-15H2,1-6H3/t24-/m0/s1. The van der Waals surface area contributed by atoms with E-state index in [1.165, 1.54) is 37.7 Å². The molecule has 1 aliphatic heterocycles. The fourth-order valence-corrected chi connectivity index (χ4v) is 6.08. The van der Waals surface area contributed by atoms with Crippen LogP contribution in [0.15, 0.2) is 0 Å². The first-order valence-electron chi connectivity index (χ1n) is 12.0. The van der Waals surface area contributed by atoms with E-state index in [1.54, 1.807) is 0 Å². The number of hydrogen-bond donors (Lipinski definition) is 0. The zero-order valence-electron chi connectivity index (χ0n) is 20.5. The number of hydrogen-bond acceptors (Lipinski definition) is 4. The molecule has 2 aliphatic rings. The number of ether oxygens (including phenoxy) is 2. The average molecular weight is 555 g/mol. The van der Waals surface area contributed by atoms with Gasteiger partial charge in [0.1, 0.15) is 0 Å². The summed E-state index contributed by atoms with van der Waals surface area (Å²) in [5.41, 5.74) is 4.78. The third-order valence-corrected chi connectivity index (χ3v) is 8.10. The van der Waals surface area contributed by atoms with Crippen LogP contribution in [0.4, 0.5) is 0 Å². The normalized spacial score (nSPS) is 18.5. The van der Waals surface area contributed by atoms with Gasteiger partial charge in [-0.25, -0.2) is 4.79 Å². The molecule has 0 radical (unpaired) electrons. The highest BCUT2D eigenvalue weighted by Crippen LogP contribution is 2.39. The van der Waals surface area contributed by atoms with Gasteiger partial charge in [-0.2, -0.15) is 0 Å². The molecule has 1 aliphatic carbocycles. The van der Waals surface area contributed by atoms with Gasteiger partial charge in [0.25, 0.3) is 0 Å². The van der Waals surface area contributed by atoms with E-state index in [0.29, 0.717) is 25.5 Å². The Hall–Kier alpha value is -1.15. The Morgan fingerprint density at radius 3 is 2.38 bits per heavy atom. The topological polar surface area (TPSA) is 55.8 Å². The molecule has 1 aromatic rings. The van der Waals surface area contributed by atoms with Crippen molar-refractivity contribution in [3.8, 4) is 0 Å². The van der Waals surface area contributed by atoms with Gasteiger partial charge in [0.15, 0.2) is 6.10 Å². The van der Waals surface area contributed by atoms with E-state index in [1.807, 2.05) is 34.6 Å². The van der Waals surface area contributed by atoms with Crippen LogP contribution in [0.25, 0.3) is 0 Å². The van der Waals surface area contributed by atoms with Crippen molar-refractivity contribution >= 4 is 34.5 Å². The Kier molecular flexibility index (Phi) is 8.29. The van der Waals surface area contributed by atoms with E-state index in [9.17, 15) is 9.59 Å². The summed E-state index contributed by atoms with van der Waals surface area (Å²) in [6.45, 7) is 13.6. The van der Waals surface area contributed by atoms with Gasteiger partial charge in [0, 0.05) is 22.2 Å². The lowest BCUT2D eigenvalue weighted by Crippen LogP contribution is -2.41. The van der Waals surface area contributed by atoms with Gasteiger partial charge in [0.05, 0.1) is 18.6 Å². The quantitative estimate of drug-likeness (QED) is 0.329. The lowest BCUT2D eigenvalue weighted by Gasteiger charge is -2.36. The Morgan fingerprint density at radius 1 is 1.12 bits per heavy atom. The molecule has 0 aromatic heterocycles. The summed E-state index contributed by atoms with van der Waals surface area (Å²) in [6, 6.07) is 0. The number of fused-ring (bicyclic) bond motifs is 1. The number of nitrogens with zero attached hydrogens (tertiary/aromatic N) is 1. The molecule has 32 heavy (non-hydrogen) atoms. The first kappa shape index (κ1) is 25.5. The highest BCUT2D eigenvalue weighted by molar-refractivity contribution is 14.1. The van der Waals surface area contributed by atoms with Crippen molar-refractivity contribution in [2.75, 3.05) is 13.2 Å². The maximum absolute atomic E-state index is 13.1. The molecular weight excluding hydrogens is 517 g/mol. The monoisotopic (exact) mass is 555 g/mol. The molecule has 5 nitrogen and oxygen atoms in total. The van der Waals surface area contributed by atoms with Gasteiger partial charge >= 0.3 is 5.97 Å². The van der Waals surface area contributed by atoms with E-state index in [-0.39, 0.29) is 11.9 Å². The number of rotatable bonds is 6. The molecule has 178 valence electrons. The maximum Gasteiger partial charge on any atom is 0.340 e. The molecule has 0 bridgehead atoms. The largest absolute Gasteiger partial charge is 0.464 e. The Bertz CT molecular complexity index is 868. The van der Waals surface area contributed by atoms with Gasteiger partial charge < -0.3 is 14.4 Å². The molecule has 1 heterocycles. The zero-order valence-corrected chi connectivity index (χ0v) is 22.6. The molecule has 0 spiro atoms. The molecule has 0 saturated heterocycles. The number of carbonyl (C=O) groups excluding carboxylic acids is 2. The van der Waals surface area contributed by atoms with Gasteiger partial charge in [-0.1, -0.05) is 19.3 Å². The van der Waals surface area contributed by atoms with Crippen molar-refractivity contribution in [2.24, 2.45) is 5.92 Å². The molecule has 0 N–H and O–H groups in total. The fourth-order valence-electron chi connectivity index (χ4n) is 5.07. The van der Waals surface area contributed by atoms with Crippen LogP contribution in [-0.4, -0.2) is 35.5 Å². The van der Waals surface area contributed by atoms with Crippen LogP contribution in [0.1, 0.15) is 93.7 Å². The molecular formula is C26H38INO4. The van der Waals surface area contributed by atoms with Crippen LogP contribution in [0.2, 0.25) is 0 Å². The molecule has 1 fully saturated rings. The Balaban J connectivity index is 1.98. The first-order chi connectivity index (χ1) is 15.0. The van der Waals surface area contributed by atoms with Crippen molar-refractivity contribution in [1.82, 2.24) is 4.90 Å². The molecule has 1 atom stereocenters. The number of halogens is 1. The predicted octanol–water partition coefficient (Wildman–Crippen LogP) is 5.79. The lowest BCUT2D eigenvalue weighted by atomic mass is 9.84. The summed E-state index contributed by atoms with van der Waals surface area (Å²) in [7, 11) is 0. The summed E-state index contributed by atoms with van der Waals surface area (Å²) >= 11 is 2.34. The van der Waals surface area contributed by atoms with Crippen molar-refractivity contribution in [3.63, 3.8) is 0 Å². The van der Waals surface area contributed by atoms with Crippen molar-refractivity contribution < 1.29 is 19.1 Å². The van der Waals surface area contributed by atoms with Gasteiger partial charge in [-0.05, 0) is 105 Å². The summed E-state index contributed by atoms with van der Waals surface area (Å²) in [6.07, 6.45) is 5.94. The average Bonchev–Trinajstić information content (AvgIpc) is 2.72. The van der Waals surface area contributed by atoms with E-state index in [4.69, 9.17) is 9.47 Å². The minimum absolute atomic E-state index is 0.196. The highest BCUT2D eigenvalue weighted by atomic mass is 127. The third kappa shape index (κ3) is 5.66. The van der Waals surface area contributed by atoms with Crippen LogP contribution in [0.3, 0.4) is 0 Å². The Labute approximate surface area is 206 Å². The second kappa shape index (κ2) is 10.4. The summed E-state index contributed by atoms with van der Waals surface area (Å²) in [5.74, 6) is 0.452. The van der Waals surface area contributed by atoms with Gasteiger partial charge in [0.2, 0.25) is 5.91 Å². The fraction of sp³-hybridized carbons (Fsp3) is 0.692. The van der Waals surface area contributed by atoms with Crippen LogP contribution >= 0.6 is 22.6 Å². The zero-order chi connectivity index (χ0) is 23.6. The van der Waals surface area contributed by atoms with Crippen LogP contribution in [-0.2, 0) is 32.0 Å². The SMILES string of the molecule is CCOC(=O)[C@@H](OC(C)(C)C)c1c(C)c2c(c(C)c1I)CN(CC1CCCCC1)C(=O)C2. The van der Waals surface area contributed by atoms with Crippen LogP contribution < -0.4 is 0 Å². The first-order valence-corrected chi connectivity index (χ1v) is 13.0. The molecule has 6 heteroatoms. The molecule has 1 amide bonds. The van der Waals surface area contributed by atoms with E-state index >= 15 is 0 Å². The van der Waals surface area contributed by atoms with E-state index in [0.717, 1.165) is 32.4 Å². The highest BCUT2D eigenvalue weighted by Gasteiger charge is 2.36. The van der Waals surface area contributed by atoms with Crippen molar-refractivity contribution in [3.05, 3.63) is 31.4 Å². The van der Waals surface area contributed by atoms with Gasteiger partial charge in [-0.3, -0.25) is 4.79 Å². The van der Waals surface area contributed by atoms with E-state index < -0.39 is 11.7 Å². The number of benzene rings is 1. The van der Waals surface area contributed by atoms with E-state index in [2.05, 4.69) is 34.4 Å². The van der Waals surface area contributed by atoms with Crippen molar-refractivity contribution in [2.45, 2.75) is 98.3 Å². The third-order valence-electron chi connectivity index (χ3n) is 6.71. The lowest BCUT2D eigenvalue weighted by molar-refractivity contribution is -0.167. The Morgan fingerprint density at radius 2 is 1.78 bits per heavy atom. The van der Waals surface area contributed by atoms with Crippen LogP contribution in [0, 0.1) is 23.3 Å². The molecule has 3 rings (SSSR count). The minimum Gasteiger partial charge on any atom is -0.464 e. The number of amides is 1. The summed E-state index contributed by atoms with van der Waals surface area (Å²) < 4.78 is 12.6. The molecule has 1 aromatic carbocycles.